The minimum atomic E-state index is -0.388. The van der Waals surface area contributed by atoms with Gasteiger partial charge in [-0.3, -0.25) is 14.9 Å². The Bertz CT molecular complexity index is 2700. The molecule has 4 aliphatic heterocycles. The molecule has 0 saturated carbocycles. The fraction of sp³-hybridized carbons (Fsp3) is 0.393. The summed E-state index contributed by atoms with van der Waals surface area (Å²) in [6.07, 6.45) is 13.2. The Kier molecular flexibility index (Phi) is 13.3. The number of nitrogens with one attached hydrogen (secondary N) is 2. The second-order valence-corrected chi connectivity index (χ2v) is 21.0. The lowest BCUT2D eigenvalue weighted by molar-refractivity contribution is -0.384. The molecule has 0 aromatic heterocycles. The van der Waals surface area contributed by atoms with Gasteiger partial charge >= 0.3 is 12.0 Å². The first-order valence-corrected chi connectivity index (χ1v) is 25.3. The highest BCUT2D eigenvalue weighted by molar-refractivity contribution is 8.00. The van der Waals surface area contributed by atoms with Gasteiger partial charge < -0.3 is 29.9 Å². The highest BCUT2D eigenvalue weighted by Gasteiger charge is 2.44. The smallest absolute Gasteiger partial charge is 0.315 e. The van der Waals surface area contributed by atoms with Crippen LogP contribution in [0, 0.1) is 10.1 Å². The normalized spacial score (nSPS) is 24.6. The van der Waals surface area contributed by atoms with Crippen LogP contribution in [0.15, 0.2) is 144 Å². The van der Waals surface area contributed by atoms with E-state index in [9.17, 15) is 19.7 Å². The van der Waals surface area contributed by atoms with Crippen LogP contribution in [0.3, 0.4) is 0 Å². The standard InChI is InChI=1S/C56H63N5O6S/c1-7-59-46-20-11-9-18-43(46)55(3,4)49(59)30-26-37-32-39(36-24-28-41(29-25-36)66-51(62)23-14-13-22-48-52-45(35-68-48)57-54(63)58-52)33-38(53(37)67-42-17-15-16-40(34-42)61(64)65)27-31-50-56(5,6)44-19-10-12-21-47(44)60(50)8-2/h9-12,15-21,24-31,34,39,45,48-49,52H,7-8,13-14,22-23,32-33,35H2,1-6H3,(H2,57,58,63)/b30-26+,38-27+,50-31-. The van der Waals surface area contributed by atoms with Crippen LogP contribution in [0.2, 0.25) is 0 Å². The van der Waals surface area contributed by atoms with E-state index in [0.29, 0.717) is 41.8 Å². The van der Waals surface area contributed by atoms with Crippen LogP contribution < -0.4 is 29.9 Å². The van der Waals surface area contributed by atoms with E-state index in [1.165, 1.54) is 40.3 Å². The van der Waals surface area contributed by atoms with Gasteiger partial charge in [0.25, 0.3) is 5.69 Å². The van der Waals surface area contributed by atoms with Crippen molar-refractivity contribution in [3.63, 3.8) is 0 Å². The van der Waals surface area contributed by atoms with Crippen molar-refractivity contribution in [2.45, 2.75) is 120 Å². The van der Waals surface area contributed by atoms with E-state index in [0.717, 1.165) is 54.8 Å². The molecule has 11 nitrogen and oxygen atoms in total. The lowest BCUT2D eigenvalue weighted by Crippen LogP contribution is -2.39. The van der Waals surface area contributed by atoms with Gasteiger partial charge in [0.2, 0.25) is 0 Å². The summed E-state index contributed by atoms with van der Waals surface area (Å²) in [6, 6.07) is 32.0. The summed E-state index contributed by atoms with van der Waals surface area (Å²) in [6.45, 7) is 15.2. The molecule has 4 heterocycles. The Morgan fingerprint density at radius 1 is 0.868 bits per heavy atom. The number of rotatable bonds is 15. The van der Waals surface area contributed by atoms with E-state index >= 15 is 0 Å². The van der Waals surface area contributed by atoms with Crippen LogP contribution in [0.4, 0.5) is 21.9 Å². The number of fused-ring (bicyclic) bond motifs is 3. The lowest BCUT2D eigenvalue weighted by atomic mass is 9.78. The molecule has 12 heteroatoms. The number of unbranched alkanes of at least 4 members (excludes halogenated alkanes) is 1. The topological polar surface area (TPSA) is 126 Å². The number of para-hydroxylation sites is 2. The quantitative estimate of drug-likeness (QED) is 0.0299. The Labute approximate surface area is 404 Å². The summed E-state index contributed by atoms with van der Waals surface area (Å²) in [5.41, 5.74) is 8.85. The van der Waals surface area contributed by atoms with E-state index in [-0.39, 0.29) is 57.5 Å². The number of anilines is 2. The number of allylic oxidation sites excluding steroid dienone is 6. The minimum Gasteiger partial charge on any atom is -0.457 e. The number of nitrogens with zero attached hydrogens (tertiary/aromatic N) is 3. The number of urea groups is 1. The summed E-state index contributed by atoms with van der Waals surface area (Å²) >= 11 is 1.89. The third kappa shape index (κ3) is 9.19. The number of carbonyl (C=O) groups excluding carboxylic acids is 2. The molecule has 2 amide bonds. The number of hydrogen-bond acceptors (Lipinski definition) is 9. The molecule has 2 saturated heterocycles. The summed E-state index contributed by atoms with van der Waals surface area (Å²) in [5, 5.41) is 18.4. The van der Waals surface area contributed by atoms with Crippen molar-refractivity contribution < 1.29 is 24.0 Å². The van der Waals surface area contributed by atoms with Crippen molar-refractivity contribution in [2.24, 2.45) is 0 Å². The molecular formula is C56H63N5O6S. The third-order valence-electron chi connectivity index (χ3n) is 14.8. The van der Waals surface area contributed by atoms with Crippen LogP contribution in [-0.4, -0.2) is 59.1 Å². The van der Waals surface area contributed by atoms with Gasteiger partial charge in [0, 0.05) is 64.5 Å². The number of hydrogen-bond donors (Lipinski definition) is 2. The largest absolute Gasteiger partial charge is 0.457 e. The minimum absolute atomic E-state index is 0.0327. The molecule has 1 aliphatic carbocycles. The Morgan fingerprint density at radius 2 is 1.62 bits per heavy atom. The molecule has 0 bridgehead atoms. The first-order chi connectivity index (χ1) is 32.8. The van der Waals surface area contributed by atoms with Crippen molar-refractivity contribution in [3.8, 4) is 11.5 Å². The number of thioether (sulfide) groups is 1. The molecular weight excluding hydrogens is 871 g/mol. The van der Waals surface area contributed by atoms with Crippen LogP contribution in [0.25, 0.3) is 0 Å². The molecule has 2 fully saturated rings. The maximum Gasteiger partial charge on any atom is 0.315 e. The van der Waals surface area contributed by atoms with Crippen LogP contribution in [-0.2, 0) is 15.6 Å². The number of amides is 2. The van der Waals surface area contributed by atoms with Crippen molar-refractivity contribution in [2.75, 3.05) is 28.6 Å². The molecule has 4 aromatic rings. The molecule has 4 aromatic carbocycles. The number of carbonyl (C=O) groups is 2. The first-order valence-electron chi connectivity index (χ1n) is 24.2. The molecule has 0 spiro atoms. The Hall–Kier alpha value is -6.27. The van der Waals surface area contributed by atoms with Gasteiger partial charge in [-0.05, 0) is 110 Å². The Morgan fingerprint density at radius 3 is 2.37 bits per heavy atom. The van der Waals surface area contributed by atoms with E-state index < -0.39 is 0 Å². The summed E-state index contributed by atoms with van der Waals surface area (Å²) in [4.78, 5) is 41.3. The molecule has 68 heavy (non-hydrogen) atoms. The number of benzene rings is 4. The fourth-order valence-corrected chi connectivity index (χ4v) is 12.8. The lowest BCUT2D eigenvalue weighted by Gasteiger charge is -2.33. The van der Waals surface area contributed by atoms with Crippen molar-refractivity contribution in [1.82, 2.24) is 10.6 Å². The molecule has 5 aliphatic rings. The van der Waals surface area contributed by atoms with Gasteiger partial charge in [-0.25, -0.2) is 4.79 Å². The molecule has 2 N–H and O–H groups in total. The SMILES string of the molecule is CCN1/C(=C\C=C2/CC(c3ccc(OC(=O)CCCCC4SCC5NC(=O)NC54)cc3)CC(/C=C/C3N(CC)c4ccccc4C3(C)C)=C2Oc2cccc([N+](=O)[O-])c2)C(C)(C)c2ccccc21. The summed E-state index contributed by atoms with van der Waals surface area (Å²) in [7, 11) is 0. The fourth-order valence-electron chi connectivity index (χ4n) is 11.2. The predicted molar refractivity (Wildman–Crippen MR) is 273 cm³/mol. The van der Waals surface area contributed by atoms with Gasteiger partial charge in [0.15, 0.2) is 0 Å². The van der Waals surface area contributed by atoms with Crippen molar-refractivity contribution in [3.05, 3.63) is 171 Å². The van der Waals surface area contributed by atoms with Crippen molar-refractivity contribution >= 4 is 40.8 Å². The second-order valence-electron chi connectivity index (χ2n) is 19.7. The second kappa shape index (κ2) is 19.4. The van der Waals surface area contributed by atoms with Crippen LogP contribution in [0.5, 0.6) is 11.5 Å². The average molecular weight is 934 g/mol. The predicted octanol–water partition coefficient (Wildman–Crippen LogP) is 11.8. The van der Waals surface area contributed by atoms with Crippen LogP contribution in [0.1, 0.15) is 103 Å². The number of likely N-dealkylation sites (N-methyl/N-ethyl adjacent to an activating group) is 2. The highest BCUT2D eigenvalue weighted by atomic mass is 32.2. The zero-order valence-electron chi connectivity index (χ0n) is 40.0. The molecule has 0 radical (unpaired) electrons. The zero-order chi connectivity index (χ0) is 47.7. The molecule has 5 atom stereocenters. The van der Waals surface area contributed by atoms with Crippen molar-refractivity contribution in [1.29, 1.82) is 0 Å². The van der Waals surface area contributed by atoms with E-state index in [2.05, 4.69) is 147 Å². The zero-order valence-corrected chi connectivity index (χ0v) is 40.8. The number of ether oxygens (including phenoxy) is 2. The van der Waals surface area contributed by atoms with E-state index in [1.807, 2.05) is 23.9 Å². The molecule has 5 unspecified atom stereocenters. The highest BCUT2D eigenvalue weighted by Crippen LogP contribution is 2.49. The summed E-state index contributed by atoms with van der Waals surface area (Å²) < 4.78 is 12.8. The van der Waals surface area contributed by atoms with Gasteiger partial charge in [0.1, 0.15) is 17.3 Å². The Balaban J connectivity index is 1.03. The molecule has 354 valence electrons. The van der Waals surface area contributed by atoms with Gasteiger partial charge in [0.05, 0.1) is 29.1 Å². The van der Waals surface area contributed by atoms with E-state index in [1.54, 1.807) is 12.1 Å². The summed E-state index contributed by atoms with van der Waals surface area (Å²) in [5.74, 6) is 2.33. The number of nitro groups is 1. The number of esters is 1. The maximum atomic E-state index is 13.1. The molecule has 9 rings (SSSR count). The van der Waals surface area contributed by atoms with Gasteiger partial charge in [-0.1, -0.05) is 107 Å². The van der Waals surface area contributed by atoms with Crippen LogP contribution >= 0.6 is 11.8 Å². The van der Waals surface area contributed by atoms with Gasteiger partial charge in [-0.2, -0.15) is 11.8 Å². The number of nitro benzene ring substituents is 1. The average Bonchev–Trinajstić information content (AvgIpc) is 4.02. The monoisotopic (exact) mass is 933 g/mol. The third-order valence-corrected chi connectivity index (χ3v) is 16.3. The maximum absolute atomic E-state index is 13.1. The van der Waals surface area contributed by atoms with E-state index in [4.69, 9.17) is 9.47 Å². The number of non-ortho nitro benzene ring substituents is 1. The van der Waals surface area contributed by atoms with Gasteiger partial charge in [-0.15, -0.1) is 0 Å². The first kappa shape index (κ1) is 46.8.